The molecule has 0 atom stereocenters. The zero-order valence-corrected chi connectivity index (χ0v) is 19.8. The molecule has 8 heteroatoms. The number of hydrogen-bond acceptors (Lipinski definition) is 3. The standard InChI is InChI=1S/C21H33FN6.HI/c1-23-21(24-8-3-11-28-12-4-10-27(2)13-14-28)25-9-7-17-16-26-20-6-5-18(22)15-19(17)20;/h5-6,15-16,26H,3-4,7-14H2,1-2H3,(H2,23,24,25);1H. The molecule has 0 spiro atoms. The van der Waals surface area contributed by atoms with Crippen molar-refractivity contribution in [2.24, 2.45) is 4.99 Å². The number of guanidine groups is 1. The van der Waals surface area contributed by atoms with E-state index in [2.05, 4.69) is 37.5 Å². The summed E-state index contributed by atoms with van der Waals surface area (Å²) in [6.45, 7) is 7.50. The van der Waals surface area contributed by atoms with Crippen LogP contribution in [0.3, 0.4) is 0 Å². The van der Waals surface area contributed by atoms with E-state index in [1.165, 1.54) is 25.6 Å². The van der Waals surface area contributed by atoms with Gasteiger partial charge in [-0.05, 0) is 69.7 Å². The van der Waals surface area contributed by atoms with Crippen molar-refractivity contribution >= 4 is 40.8 Å². The molecule has 2 aromatic rings. The third-order valence-corrected chi connectivity index (χ3v) is 5.40. The first-order chi connectivity index (χ1) is 13.7. The highest BCUT2D eigenvalue weighted by Gasteiger charge is 2.11. The highest BCUT2D eigenvalue weighted by molar-refractivity contribution is 14.0. The van der Waals surface area contributed by atoms with Gasteiger partial charge in [0.15, 0.2) is 5.96 Å². The number of likely N-dealkylation sites (N-methyl/N-ethyl adjacent to an activating group) is 1. The van der Waals surface area contributed by atoms with Crippen molar-refractivity contribution in [2.75, 3.05) is 59.9 Å². The molecule has 0 radical (unpaired) electrons. The molecule has 1 aliphatic heterocycles. The second-order valence-electron chi connectivity index (χ2n) is 7.53. The summed E-state index contributed by atoms with van der Waals surface area (Å²) >= 11 is 0. The molecule has 29 heavy (non-hydrogen) atoms. The van der Waals surface area contributed by atoms with Gasteiger partial charge < -0.3 is 25.4 Å². The van der Waals surface area contributed by atoms with Crippen LogP contribution in [-0.4, -0.2) is 80.7 Å². The molecule has 0 amide bonds. The number of aromatic amines is 1. The SMILES string of the molecule is CN=C(NCCCN1CCCN(C)CC1)NCCc1c[nH]c2ccc(F)cc12.I. The van der Waals surface area contributed by atoms with Crippen LogP contribution in [0.2, 0.25) is 0 Å². The third kappa shape index (κ3) is 7.42. The lowest BCUT2D eigenvalue weighted by Crippen LogP contribution is -2.39. The summed E-state index contributed by atoms with van der Waals surface area (Å²) in [6, 6.07) is 4.86. The van der Waals surface area contributed by atoms with E-state index in [0.717, 1.165) is 68.0 Å². The third-order valence-electron chi connectivity index (χ3n) is 5.40. The highest BCUT2D eigenvalue weighted by atomic mass is 127. The first-order valence-electron chi connectivity index (χ1n) is 10.3. The zero-order chi connectivity index (χ0) is 19.8. The number of H-pyrrole nitrogens is 1. The van der Waals surface area contributed by atoms with Crippen molar-refractivity contribution < 1.29 is 4.39 Å². The number of nitrogens with one attached hydrogen (secondary N) is 3. The van der Waals surface area contributed by atoms with Crippen LogP contribution in [-0.2, 0) is 6.42 Å². The van der Waals surface area contributed by atoms with Crippen LogP contribution in [0.1, 0.15) is 18.4 Å². The van der Waals surface area contributed by atoms with Crippen LogP contribution in [0.25, 0.3) is 10.9 Å². The molecule has 162 valence electrons. The molecule has 1 fully saturated rings. The highest BCUT2D eigenvalue weighted by Crippen LogP contribution is 2.19. The molecule has 1 saturated heterocycles. The van der Waals surface area contributed by atoms with Gasteiger partial charge in [-0.25, -0.2) is 4.39 Å². The van der Waals surface area contributed by atoms with Gasteiger partial charge in [0.25, 0.3) is 0 Å². The monoisotopic (exact) mass is 516 g/mol. The van der Waals surface area contributed by atoms with Gasteiger partial charge in [0.05, 0.1) is 0 Å². The number of rotatable bonds is 7. The topological polar surface area (TPSA) is 58.7 Å². The summed E-state index contributed by atoms with van der Waals surface area (Å²) in [5, 5.41) is 7.70. The first-order valence-corrected chi connectivity index (χ1v) is 10.3. The minimum Gasteiger partial charge on any atom is -0.361 e. The normalized spacial score (nSPS) is 16.4. The predicted octanol–water partition coefficient (Wildman–Crippen LogP) is 2.66. The maximum absolute atomic E-state index is 13.5. The fraction of sp³-hybridized carbons (Fsp3) is 0.571. The van der Waals surface area contributed by atoms with Gasteiger partial charge in [0, 0.05) is 50.3 Å². The second kappa shape index (κ2) is 12.3. The van der Waals surface area contributed by atoms with E-state index >= 15 is 0 Å². The number of hydrogen-bond donors (Lipinski definition) is 3. The van der Waals surface area contributed by atoms with Crippen LogP contribution in [0.15, 0.2) is 29.4 Å². The maximum atomic E-state index is 13.5. The number of nitrogens with zero attached hydrogens (tertiary/aromatic N) is 3. The Balaban J connectivity index is 0.00000300. The smallest absolute Gasteiger partial charge is 0.190 e. The summed E-state index contributed by atoms with van der Waals surface area (Å²) in [5.74, 6) is 0.622. The Bertz CT molecular complexity index is 778. The predicted molar refractivity (Wildman–Crippen MR) is 130 cm³/mol. The Kier molecular flexibility index (Phi) is 10.2. The lowest BCUT2D eigenvalue weighted by molar-refractivity contribution is 0.274. The molecule has 0 bridgehead atoms. The molecular weight excluding hydrogens is 482 g/mol. The van der Waals surface area contributed by atoms with E-state index in [0.29, 0.717) is 0 Å². The lowest BCUT2D eigenvalue weighted by atomic mass is 10.1. The minimum atomic E-state index is -0.199. The van der Waals surface area contributed by atoms with E-state index in [-0.39, 0.29) is 29.8 Å². The number of aromatic nitrogens is 1. The van der Waals surface area contributed by atoms with Crippen LogP contribution in [0.5, 0.6) is 0 Å². The van der Waals surface area contributed by atoms with Gasteiger partial charge in [0.1, 0.15) is 5.82 Å². The quantitative estimate of drug-likeness (QED) is 0.229. The molecule has 1 aromatic carbocycles. The van der Waals surface area contributed by atoms with E-state index in [9.17, 15) is 4.39 Å². The van der Waals surface area contributed by atoms with Crippen molar-refractivity contribution in [2.45, 2.75) is 19.3 Å². The number of aliphatic imine (C=N–C) groups is 1. The maximum Gasteiger partial charge on any atom is 0.190 e. The molecule has 0 saturated carbocycles. The van der Waals surface area contributed by atoms with Crippen LogP contribution >= 0.6 is 24.0 Å². The number of fused-ring (bicyclic) bond motifs is 1. The summed E-state index contributed by atoms with van der Waals surface area (Å²) in [5.41, 5.74) is 2.09. The first kappa shape index (κ1) is 23.9. The fourth-order valence-corrected chi connectivity index (χ4v) is 3.73. The molecule has 3 N–H and O–H groups in total. The van der Waals surface area contributed by atoms with Gasteiger partial charge in [-0.3, -0.25) is 4.99 Å². The Morgan fingerprint density at radius 2 is 2.00 bits per heavy atom. The van der Waals surface area contributed by atoms with Crippen molar-refractivity contribution in [3.63, 3.8) is 0 Å². The van der Waals surface area contributed by atoms with Crippen LogP contribution in [0, 0.1) is 5.82 Å². The molecule has 1 aromatic heterocycles. The van der Waals surface area contributed by atoms with Crippen molar-refractivity contribution in [3.05, 3.63) is 35.8 Å². The lowest BCUT2D eigenvalue weighted by Gasteiger charge is -2.20. The van der Waals surface area contributed by atoms with Crippen molar-refractivity contribution in [1.29, 1.82) is 0 Å². The summed E-state index contributed by atoms with van der Waals surface area (Å²) in [7, 11) is 3.99. The van der Waals surface area contributed by atoms with E-state index < -0.39 is 0 Å². The average molecular weight is 516 g/mol. The molecule has 3 rings (SSSR count). The van der Waals surface area contributed by atoms with Crippen molar-refractivity contribution in [3.8, 4) is 0 Å². The Morgan fingerprint density at radius 3 is 2.83 bits per heavy atom. The number of halogens is 2. The summed E-state index contributed by atoms with van der Waals surface area (Å²) in [4.78, 5) is 12.5. The molecular formula is C21H34FIN6. The van der Waals surface area contributed by atoms with Crippen molar-refractivity contribution in [1.82, 2.24) is 25.4 Å². The second-order valence-corrected chi connectivity index (χ2v) is 7.53. The number of benzene rings is 1. The molecule has 1 aliphatic rings. The van der Waals surface area contributed by atoms with E-state index in [1.54, 1.807) is 19.2 Å². The fourth-order valence-electron chi connectivity index (χ4n) is 3.73. The molecule has 6 nitrogen and oxygen atoms in total. The van der Waals surface area contributed by atoms with Gasteiger partial charge in [-0.15, -0.1) is 24.0 Å². The Morgan fingerprint density at radius 1 is 1.17 bits per heavy atom. The van der Waals surface area contributed by atoms with Gasteiger partial charge >= 0.3 is 0 Å². The summed E-state index contributed by atoms with van der Waals surface area (Å²) < 4.78 is 13.5. The van der Waals surface area contributed by atoms with Gasteiger partial charge in [-0.2, -0.15) is 0 Å². The van der Waals surface area contributed by atoms with Gasteiger partial charge in [0.2, 0.25) is 0 Å². The molecule has 0 unspecified atom stereocenters. The van der Waals surface area contributed by atoms with Gasteiger partial charge in [-0.1, -0.05) is 0 Å². The Labute approximate surface area is 190 Å². The minimum absolute atomic E-state index is 0. The average Bonchev–Trinajstić information content (AvgIpc) is 2.96. The van der Waals surface area contributed by atoms with Crippen LogP contribution < -0.4 is 10.6 Å². The molecule has 0 aliphatic carbocycles. The summed E-state index contributed by atoms with van der Waals surface area (Å²) in [6.07, 6.45) is 5.13. The van der Waals surface area contributed by atoms with E-state index in [1.807, 2.05) is 6.20 Å². The Hall–Kier alpha value is -1.39. The largest absolute Gasteiger partial charge is 0.361 e. The molecule has 2 heterocycles. The van der Waals surface area contributed by atoms with E-state index in [4.69, 9.17) is 0 Å². The zero-order valence-electron chi connectivity index (χ0n) is 17.5. The van der Waals surface area contributed by atoms with Crippen LogP contribution in [0.4, 0.5) is 4.39 Å².